The average Bonchev–Trinajstić information content (AvgIpc) is 3.23. The quantitative estimate of drug-likeness (QED) is 0.368. The van der Waals surface area contributed by atoms with Gasteiger partial charge in [-0.1, -0.05) is 54.6 Å². The van der Waals surface area contributed by atoms with E-state index in [2.05, 4.69) is 34.7 Å². The van der Waals surface area contributed by atoms with Crippen LogP contribution in [0.4, 0.5) is 4.39 Å². The summed E-state index contributed by atoms with van der Waals surface area (Å²) >= 11 is 0. The molecule has 0 aliphatic heterocycles. The fraction of sp³-hybridized carbons (Fsp3) is 0.192. The second kappa shape index (κ2) is 10.2. The highest BCUT2D eigenvalue weighted by Gasteiger charge is 2.17. The van der Waals surface area contributed by atoms with E-state index in [1.54, 1.807) is 19.2 Å². The minimum Gasteiger partial charge on any atom is -0.385 e. The van der Waals surface area contributed by atoms with Crippen LogP contribution in [-0.4, -0.2) is 30.0 Å². The van der Waals surface area contributed by atoms with Crippen LogP contribution < -0.4 is 5.32 Å². The number of nitrogens with zero attached hydrogens (tertiary/aromatic N) is 2. The zero-order chi connectivity index (χ0) is 21.5. The van der Waals surface area contributed by atoms with Gasteiger partial charge in [0.15, 0.2) is 0 Å². The van der Waals surface area contributed by atoms with Gasteiger partial charge < -0.3 is 10.1 Å². The van der Waals surface area contributed by atoms with Crippen molar-refractivity contribution in [3.63, 3.8) is 0 Å². The smallest absolute Gasteiger partial charge is 0.132 e. The Morgan fingerprint density at radius 3 is 2.35 bits per heavy atom. The Bertz CT molecular complexity index is 1110. The number of hydrogen-bond donors (Lipinski definition) is 1. The zero-order valence-electron chi connectivity index (χ0n) is 17.6. The Morgan fingerprint density at radius 1 is 0.903 bits per heavy atom. The lowest BCUT2D eigenvalue weighted by Crippen LogP contribution is -2.16. The normalized spacial score (nSPS) is 11.0. The lowest BCUT2D eigenvalue weighted by Gasteiger charge is -2.12. The van der Waals surface area contributed by atoms with Crippen LogP contribution in [0.5, 0.6) is 0 Å². The summed E-state index contributed by atoms with van der Waals surface area (Å²) in [6, 6.07) is 25.3. The van der Waals surface area contributed by atoms with Crippen molar-refractivity contribution in [1.29, 1.82) is 0 Å². The number of aromatic nitrogens is 2. The van der Waals surface area contributed by atoms with E-state index < -0.39 is 0 Å². The van der Waals surface area contributed by atoms with Gasteiger partial charge in [-0.25, -0.2) is 9.07 Å². The van der Waals surface area contributed by atoms with Gasteiger partial charge in [0.2, 0.25) is 0 Å². The summed E-state index contributed by atoms with van der Waals surface area (Å²) in [4.78, 5) is 0. The maximum atomic E-state index is 14.7. The third-order valence-electron chi connectivity index (χ3n) is 5.21. The number of nitrogens with one attached hydrogen (secondary N) is 1. The molecule has 0 radical (unpaired) electrons. The topological polar surface area (TPSA) is 39.1 Å². The van der Waals surface area contributed by atoms with E-state index in [9.17, 15) is 4.39 Å². The second-order valence-electron chi connectivity index (χ2n) is 7.35. The van der Waals surface area contributed by atoms with Gasteiger partial charge >= 0.3 is 0 Å². The highest BCUT2D eigenvalue weighted by atomic mass is 19.1. The fourth-order valence-electron chi connectivity index (χ4n) is 3.64. The van der Waals surface area contributed by atoms with Crippen molar-refractivity contribution in [2.75, 3.05) is 20.3 Å². The van der Waals surface area contributed by atoms with Gasteiger partial charge in [0.1, 0.15) is 5.82 Å². The molecule has 4 rings (SSSR count). The van der Waals surface area contributed by atoms with Crippen LogP contribution in [0, 0.1) is 5.82 Å². The minimum atomic E-state index is -0.259. The predicted octanol–water partition coefficient (Wildman–Crippen LogP) is 5.47. The van der Waals surface area contributed by atoms with Crippen molar-refractivity contribution >= 4 is 0 Å². The third kappa shape index (κ3) is 4.90. The lowest BCUT2D eigenvalue weighted by atomic mass is 10.0. The molecule has 0 spiro atoms. The molecule has 0 saturated heterocycles. The summed E-state index contributed by atoms with van der Waals surface area (Å²) in [5.74, 6) is -0.259. The van der Waals surface area contributed by atoms with Crippen molar-refractivity contribution in [3.8, 4) is 28.1 Å². The molecule has 31 heavy (non-hydrogen) atoms. The molecule has 5 heteroatoms. The van der Waals surface area contributed by atoms with Gasteiger partial charge in [0, 0.05) is 31.4 Å². The molecule has 1 aromatic heterocycles. The second-order valence-corrected chi connectivity index (χ2v) is 7.35. The van der Waals surface area contributed by atoms with E-state index >= 15 is 0 Å². The predicted molar refractivity (Wildman–Crippen MR) is 123 cm³/mol. The lowest BCUT2D eigenvalue weighted by molar-refractivity contribution is 0.194. The SMILES string of the molecule is COCCCNCc1cnn(-c2ccc(-c3ccccc3)cc2)c1-c1ccccc1F. The van der Waals surface area contributed by atoms with Crippen LogP contribution in [0.25, 0.3) is 28.1 Å². The number of ether oxygens (including phenoxy) is 1. The zero-order valence-corrected chi connectivity index (χ0v) is 17.6. The largest absolute Gasteiger partial charge is 0.385 e. The minimum absolute atomic E-state index is 0.259. The summed E-state index contributed by atoms with van der Waals surface area (Å²) in [7, 11) is 1.70. The molecular formula is C26H26FN3O. The van der Waals surface area contributed by atoms with E-state index in [-0.39, 0.29) is 5.82 Å². The monoisotopic (exact) mass is 415 g/mol. The van der Waals surface area contributed by atoms with Gasteiger partial charge in [0.05, 0.1) is 17.6 Å². The van der Waals surface area contributed by atoms with Gasteiger partial charge in [-0.05, 0) is 48.4 Å². The molecule has 0 saturated carbocycles. The molecule has 1 N–H and O–H groups in total. The molecule has 3 aromatic carbocycles. The van der Waals surface area contributed by atoms with Gasteiger partial charge in [-0.2, -0.15) is 5.10 Å². The van der Waals surface area contributed by atoms with Crippen LogP contribution in [0.1, 0.15) is 12.0 Å². The molecule has 0 aliphatic carbocycles. The standard InChI is InChI=1S/C26H26FN3O/c1-31-17-7-16-28-18-22-19-29-30(26(22)24-10-5-6-11-25(24)27)23-14-12-21(13-15-23)20-8-3-2-4-9-20/h2-6,8-15,19,28H,7,16-18H2,1H3. The van der Waals surface area contributed by atoms with Gasteiger partial charge in [-0.15, -0.1) is 0 Å². The molecule has 4 nitrogen and oxygen atoms in total. The number of benzene rings is 3. The number of halogens is 1. The molecule has 0 amide bonds. The summed E-state index contributed by atoms with van der Waals surface area (Å²) in [5.41, 5.74) is 5.44. The Labute approximate surface area is 182 Å². The molecule has 0 atom stereocenters. The van der Waals surface area contributed by atoms with E-state index in [1.807, 2.05) is 47.3 Å². The van der Waals surface area contributed by atoms with Gasteiger partial charge in [-0.3, -0.25) is 0 Å². The van der Waals surface area contributed by atoms with E-state index in [1.165, 1.54) is 6.07 Å². The summed E-state index contributed by atoms with van der Waals surface area (Å²) in [6.45, 7) is 2.14. The molecule has 0 fully saturated rings. The first-order valence-corrected chi connectivity index (χ1v) is 10.5. The molecular weight excluding hydrogens is 389 g/mol. The molecule has 4 aromatic rings. The molecule has 1 heterocycles. The Kier molecular flexibility index (Phi) is 6.87. The Morgan fingerprint density at radius 2 is 1.61 bits per heavy atom. The van der Waals surface area contributed by atoms with Crippen LogP contribution in [-0.2, 0) is 11.3 Å². The maximum absolute atomic E-state index is 14.7. The number of hydrogen-bond acceptors (Lipinski definition) is 3. The fourth-order valence-corrected chi connectivity index (χ4v) is 3.64. The molecule has 0 aliphatic rings. The van der Waals surface area contributed by atoms with Crippen LogP contribution >= 0.6 is 0 Å². The van der Waals surface area contributed by atoms with Crippen molar-refractivity contribution in [2.24, 2.45) is 0 Å². The average molecular weight is 416 g/mol. The number of methoxy groups -OCH3 is 1. The molecule has 0 unspecified atom stereocenters. The first-order chi connectivity index (χ1) is 15.3. The highest BCUT2D eigenvalue weighted by molar-refractivity contribution is 5.68. The van der Waals surface area contributed by atoms with E-state index in [4.69, 9.17) is 4.74 Å². The van der Waals surface area contributed by atoms with Gasteiger partial charge in [0.25, 0.3) is 0 Å². The van der Waals surface area contributed by atoms with Crippen LogP contribution in [0.2, 0.25) is 0 Å². The third-order valence-corrected chi connectivity index (χ3v) is 5.21. The summed E-state index contributed by atoms with van der Waals surface area (Å²) < 4.78 is 21.6. The number of rotatable bonds is 9. The van der Waals surface area contributed by atoms with E-state index in [0.29, 0.717) is 18.7 Å². The van der Waals surface area contributed by atoms with Crippen LogP contribution in [0.3, 0.4) is 0 Å². The Hall–Kier alpha value is -3.28. The highest BCUT2D eigenvalue weighted by Crippen LogP contribution is 2.30. The Balaban J connectivity index is 1.66. The maximum Gasteiger partial charge on any atom is 0.132 e. The summed E-state index contributed by atoms with van der Waals surface area (Å²) in [5, 5.41) is 8.01. The first-order valence-electron chi connectivity index (χ1n) is 10.5. The van der Waals surface area contributed by atoms with Crippen molar-refractivity contribution in [2.45, 2.75) is 13.0 Å². The van der Waals surface area contributed by atoms with Crippen LogP contribution in [0.15, 0.2) is 85.1 Å². The van der Waals surface area contributed by atoms with Crippen molar-refractivity contribution in [1.82, 2.24) is 15.1 Å². The van der Waals surface area contributed by atoms with Crippen molar-refractivity contribution < 1.29 is 9.13 Å². The first kappa shape index (κ1) is 21.0. The van der Waals surface area contributed by atoms with Crippen molar-refractivity contribution in [3.05, 3.63) is 96.4 Å². The molecule has 158 valence electrons. The van der Waals surface area contributed by atoms with E-state index in [0.717, 1.165) is 41.0 Å². The summed E-state index contributed by atoms with van der Waals surface area (Å²) in [6.07, 6.45) is 2.73. The molecule has 0 bridgehead atoms.